The van der Waals surface area contributed by atoms with E-state index in [9.17, 15) is 9.59 Å². The minimum absolute atomic E-state index is 0.00450. The summed E-state index contributed by atoms with van der Waals surface area (Å²) in [5.74, 6) is 0.544. The Morgan fingerprint density at radius 3 is 2.47 bits per heavy atom. The van der Waals surface area contributed by atoms with Crippen LogP contribution in [0.1, 0.15) is 32.4 Å². The average molecular weight is 418 g/mol. The number of pyridine rings is 1. The Labute approximate surface area is 180 Å². The molecule has 3 aromatic rings. The molecule has 0 radical (unpaired) electrons. The van der Waals surface area contributed by atoms with Gasteiger partial charge in [-0.3, -0.25) is 14.6 Å². The Morgan fingerprint density at radius 1 is 1.00 bits per heavy atom. The van der Waals surface area contributed by atoms with Crippen molar-refractivity contribution in [1.82, 2.24) is 15.2 Å². The van der Waals surface area contributed by atoms with Gasteiger partial charge in [-0.2, -0.15) is 0 Å². The molecule has 0 bridgehead atoms. The Kier molecular flexibility index (Phi) is 6.44. The van der Waals surface area contributed by atoms with Gasteiger partial charge in [0.05, 0.1) is 5.75 Å². The number of carbonyl (C=O) groups is 2. The summed E-state index contributed by atoms with van der Waals surface area (Å²) in [5, 5.41) is 2.92. The normalized spacial score (nSPS) is 15.9. The minimum Gasteiger partial charge on any atom is -0.348 e. The fraction of sp³-hybridized carbons (Fsp3) is 0.208. The Morgan fingerprint density at radius 2 is 1.73 bits per heavy atom. The van der Waals surface area contributed by atoms with Gasteiger partial charge in [0.2, 0.25) is 5.91 Å². The lowest BCUT2D eigenvalue weighted by atomic mass is 10.1. The summed E-state index contributed by atoms with van der Waals surface area (Å²) in [6.45, 7) is 1.15. The Bertz CT molecular complexity index is 994. The third kappa shape index (κ3) is 4.89. The van der Waals surface area contributed by atoms with Gasteiger partial charge < -0.3 is 10.2 Å². The van der Waals surface area contributed by atoms with Gasteiger partial charge >= 0.3 is 0 Å². The van der Waals surface area contributed by atoms with Gasteiger partial charge in [0.25, 0.3) is 5.91 Å². The molecule has 1 fully saturated rings. The first kappa shape index (κ1) is 20.2. The van der Waals surface area contributed by atoms with Gasteiger partial charge in [-0.15, -0.1) is 11.8 Å². The van der Waals surface area contributed by atoms with E-state index in [-0.39, 0.29) is 17.2 Å². The van der Waals surface area contributed by atoms with Crippen molar-refractivity contribution >= 4 is 23.6 Å². The molecule has 2 amide bonds. The second-order valence-electron chi connectivity index (χ2n) is 7.15. The number of nitrogens with one attached hydrogen (secondary N) is 1. The number of rotatable bonds is 7. The molecule has 1 atom stereocenters. The largest absolute Gasteiger partial charge is 0.348 e. The van der Waals surface area contributed by atoms with Gasteiger partial charge in [-0.25, -0.2) is 0 Å². The maximum absolute atomic E-state index is 12.4. The first-order chi connectivity index (χ1) is 14.7. The first-order valence-corrected chi connectivity index (χ1v) is 11.0. The van der Waals surface area contributed by atoms with Crippen molar-refractivity contribution in [1.29, 1.82) is 0 Å². The number of hydrogen-bond donors (Lipinski definition) is 1. The summed E-state index contributed by atoms with van der Waals surface area (Å²) >= 11 is 1.64. The molecular formula is C24H23N3O2S. The number of carbonyl (C=O) groups excluding carboxylic acids is 2. The number of aromatic nitrogens is 1. The highest BCUT2D eigenvalue weighted by Gasteiger charge is 2.32. The van der Waals surface area contributed by atoms with Crippen molar-refractivity contribution in [2.24, 2.45) is 0 Å². The predicted octanol–water partition coefficient (Wildman–Crippen LogP) is 3.83. The van der Waals surface area contributed by atoms with E-state index in [2.05, 4.69) is 22.4 Å². The van der Waals surface area contributed by atoms with Gasteiger partial charge in [-0.1, -0.05) is 42.5 Å². The Hall–Kier alpha value is -3.12. The summed E-state index contributed by atoms with van der Waals surface area (Å²) < 4.78 is 0. The molecule has 0 saturated carbocycles. The molecule has 1 aliphatic heterocycles. The predicted molar refractivity (Wildman–Crippen MR) is 119 cm³/mol. The Balaban J connectivity index is 1.38. The van der Waals surface area contributed by atoms with Gasteiger partial charge in [0, 0.05) is 31.0 Å². The summed E-state index contributed by atoms with van der Waals surface area (Å²) in [7, 11) is 0. The van der Waals surface area contributed by atoms with E-state index in [1.807, 2.05) is 59.5 Å². The lowest BCUT2D eigenvalue weighted by Gasteiger charge is -2.24. The molecule has 6 heteroatoms. The van der Waals surface area contributed by atoms with Crippen molar-refractivity contribution in [3.63, 3.8) is 0 Å². The van der Waals surface area contributed by atoms with Crippen molar-refractivity contribution in [3.05, 3.63) is 101 Å². The molecule has 0 aliphatic carbocycles. The molecule has 1 aromatic heterocycles. The van der Waals surface area contributed by atoms with E-state index < -0.39 is 0 Å². The summed E-state index contributed by atoms with van der Waals surface area (Å²) in [6, 6.07) is 21.5. The number of amides is 2. The second-order valence-corrected chi connectivity index (χ2v) is 8.21. The molecule has 1 aliphatic rings. The number of nitrogens with zero attached hydrogens (tertiary/aromatic N) is 2. The topological polar surface area (TPSA) is 62.3 Å². The maximum Gasteiger partial charge on any atom is 0.251 e. The van der Waals surface area contributed by atoms with Crippen LogP contribution in [0.2, 0.25) is 0 Å². The standard InChI is InChI=1S/C24H23N3O2S/c28-22-17-30-24(27(22)15-12-18-4-2-1-3-5-18)21-8-6-20(7-9-21)23(29)26-16-19-10-13-25-14-11-19/h1-11,13-14,24H,12,15-17H2,(H,26,29)/t24-/m0/s1. The van der Waals surface area contributed by atoms with Crippen LogP contribution in [0.15, 0.2) is 79.1 Å². The SMILES string of the molecule is O=C(NCc1ccncc1)c1ccc([C@@H]2SCC(=O)N2CCc2ccccc2)cc1. The van der Waals surface area contributed by atoms with Crippen LogP contribution < -0.4 is 5.32 Å². The molecule has 5 nitrogen and oxygen atoms in total. The molecule has 0 spiro atoms. The van der Waals surface area contributed by atoms with E-state index in [1.54, 1.807) is 24.2 Å². The molecule has 2 heterocycles. The van der Waals surface area contributed by atoms with E-state index in [0.29, 0.717) is 24.4 Å². The van der Waals surface area contributed by atoms with Gasteiger partial charge in [-0.05, 0) is 47.4 Å². The van der Waals surface area contributed by atoms with Crippen LogP contribution in [0.4, 0.5) is 0 Å². The summed E-state index contributed by atoms with van der Waals surface area (Å²) in [6.07, 6.45) is 4.25. The van der Waals surface area contributed by atoms with Crippen LogP contribution in [-0.2, 0) is 17.8 Å². The number of thioether (sulfide) groups is 1. The van der Waals surface area contributed by atoms with Crippen molar-refractivity contribution in [2.75, 3.05) is 12.3 Å². The molecule has 1 N–H and O–H groups in total. The zero-order valence-corrected chi connectivity index (χ0v) is 17.3. The lowest BCUT2D eigenvalue weighted by molar-refractivity contribution is -0.128. The zero-order valence-electron chi connectivity index (χ0n) is 16.5. The van der Waals surface area contributed by atoms with Crippen LogP contribution in [-0.4, -0.2) is 34.0 Å². The van der Waals surface area contributed by atoms with Crippen molar-refractivity contribution in [2.45, 2.75) is 18.3 Å². The van der Waals surface area contributed by atoms with E-state index in [1.165, 1.54) is 5.56 Å². The minimum atomic E-state index is -0.116. The second kappa shape index (κ2) is 9.59. The fourth-order valence-corrected chi connectivity index (χ4v) is 4.67. The zero-order chi connectivity index (χ0) is 20.8. The molecule has 4 rings (SSSR count). The lowest BCUT2D eigenvalue weighted by Crippen LogP contribution is -2.30. The van der Waals surface area contributed by atoms with Crippen molar-refractivity contribution in [3.8, 4) is 0 Å². The third-order valence-corrected chi connectivity index (χ3v) is 6.37. The van der Waals surface area contributed by atoms with Crippen LogP contribution in [0, 0.1) is 0 Å². The molecule has 152 valence electrons. The number of benzene rings is 2. The first-order valence-electron chi connectivity index (χ1n) is 9.93. The van der Waals surface area contributed by atoms with Crippen molar-refractivity contribution < 1.29 is 9.59 Å². The van der Waals surface area contributed by atoms with E-state index in [4.69, 9.17) is 0 Å². The smallest absolute Gasteiger partial charge is 0.251 e. The van der Waals surface area contributed by atoms with Gasteiger partial charge in [0.15, 0.2) is 0 Å². The highest BCUT2D eigenvalue weighted by Crippen LogP contribution is 2.38. The van der Waals surface area contributed by atoms with E-state index in [0.717, 1.165) is 17.5 Å². The van der Waals surface area contributed by atoms with Gasteiger partial charge in [0.1, 0.15) is 5.37 Å². The van der Waals surface area contributed by atoms with Crippen LogP contribution >= 0.6 is 11.8 Å². The summed E-state index contributed by atoms with van der Waals surface area (Å²) in [5.41, 5.74) is 3.88. The highest BCUT2D eigenvalue weighted by molar-refractivity contribution is 8.00. The number of hydrogen-bond acceptors (Lipinski definition) is 4. The average Bonchev–Trinajstić information content (AvgIpc) is 3.18. The maximum atomic E-state index is 12.4. The third-order valence-electron chi connectivity index (χ3n) is 5.11. The molecule has 2 aromatic carbocycles. The quantitative estimate of drug-likeness (QED) is 0.635. The highest BCUT2D eigenvalue weighted by atomic mass is 32.2. The molecular weight excluding hydrogens is 394 g/mol. The molecule has 30 heavy (non-hydrogen) atoms. The fourth-order valence-electron chi connectivity index (χ4n) is 3.45. The van der Waals surface area contributed by atoms with Crippen LogP contribution in [0.25, 0.3) is 0 Å². The van der Waals surface area contributed by atoms with Crippen LogP contribution in [0.3, 0.4) is 0 Å². The molecule has 0 unspecified atom stereocenters. The van der Waals surface area contributed by atoms with E-state index >= 15 is 0 Å². The molecule has 1 saturated heterocycles. The summed E-state index contributed by atoms with van der Waals surface area (Å²) in [4.78, 5) is 30.8. The van der Waals surface area contributed by atoms with Crippen LogP contribution in [0.5, 0.6) is 0 Å². The monoisotopic (exact) mass is 417 g/mol.